The number of sulfone groups is 1. The van der Waals surface area contributed by atoms with Gasteiger partial charge < -0.3 is 14.4 Å². The van der Waals surface area contributed by atoms with Crippen LogP contribution in [0.4, 0.5) is 0 Å². The van der Waals surface area contributed by atoms with Crippen LogP contribution >= 0.6 is 0 Å². The van der Waals surface area contributed by atoms with Crippen molar-refractivity contribution in [3.05, 3.63) is 59.7 Å². The summed E-state index contributed by atoms with van der Waals surface area (Å²) >= 11 is 0. The van der Waals surface area contributed by atoms with Gasteiger partial charge in [0.05, 0.1) is 25.2 Å². The zero-order valence-electron chi connectivity index (χ0n) is 16.1. The van der Waals surface area contributed by atoms with E-state index in [1.807, 2.05) is 31.2 Å². The van der Waals surface area contributed by atoms with Crippen molar-refractivity contribution in [1.82, 2.24) is 4.90 Å². The predicted octanol–water partition coefficient (Wildman–Crippen LogP) is 2.92. The molecule has 1 fully saturated rings. The summed E-state index contributed by atoms with van der Waals surface area (Å²) < 4.78 is 34.7. The van der Waals surface area contributed by atoms with E-state index in [4.69, 9.17) is 9.47 Å². The number of ether oxygens (including phenoxy) is 2. The van der Waals surface area contributed by atoms with E-state index in [9.17, 15) is 13.2 Å². The van der Waals surface area contributed by atoms with Crippen LogP contribution in [0.5, 0.6) is 11.5 Å². The Kier molecular flexibility index (Phi) is 6.24. The Morgan fingerprint density at radius 1 is 1.14 bits per heavy atom. The number of rotatable bonds is 7. The Morgan fingerprint density at radius 3 is 2.50 bits per heavy atom. The van der Waals surface area contributed by atoms with Crippen molar-refractivity contribution in [2.45, 2.75) is 25.9 Å². The molecule has 1 aliphatic heterocycles. The minimum Gasteiger partial charge on any atom is -0.497 e. The van der Waals surface area contributed by atoms with Gasteiger partial charge in [0.15, 0.2) is 9.84 Å². The zero-order chi connectivity index (χ0) is 20.1. The fraction of sp³-hybridized carbons (Fsp3) is 0.381. The molecule has 0 radical (unpaired) electrons. The molecule has 0 N–H and O–H groups in total. The van der Waals surface area contributed by atoms with E-state index >= 15 is 0 Å². The number of carbonyl (C=O) groups is 1. The monoisotopic (exact) mass is 403 g/mol. The van der Waals surface area contributed by atoms with Gasteiger partial charge in [0.25, 0.3) is 5.91 Å². The molecule has 0 aliphatic carbocycles. The smallest absolute Gasteiger partial charge is 0.254 e. The van der Waals surface area contributed by atoms with Gasteiger partial charge in [-0.2, -0.15) is 0 Å². The molecule has 3 rings (SSSR count). The van der Waals surface area contributed by atoms with Crippen LogP contribution in [0.25, 0.3) is 0 Å². The third kappa shape index (κ3) is 4.84. The lowest BCUT2D eigenvalue weighted by Gasteiger charge is -2.29. The van der Waals surface area contributed by atoms with Gasteiger partial charge in [-0.3, -0.25) is 4.79 Å². The number of methoxy groups -OCH3 is 1. The largest absolute Gasteiger partial charge is 0.497 e. The summed E-state index contributed by atoms with van der Waals surface area (Å²) in [6, 6.07) is 14.1. The van der Waals surface area contributed by atoms with Crippen molar-refractivity contribution in [2.75, 3.05) is 25.2 Å². The second-order valence-corrected chi connectivity index (χ2v) is 9.03. The molecule has 1 amide bonds. The molecule has 1 aliphatic rings. The van der Waals surface area contributed by atoms with Crippen LogP contribution in [0, 0.1) is 0 Å². The Labute approximate surface area is 166 Å². The van der Waals surface area contributed by atoms with E-state index in [1.54, 1.807) is 36.3 Å². The van der Waals surface area contributed by atoms with Crippen LogP contribution in [0.1, 0.15) is 29.3 Å². The first kappa shape index (κ1) is 20.2. The van der Waals surface area contributed by atoms with E-state index in [0.29, 0.717) is 30.9 Å². The summed E-state index contributed by atoms with van der Waals surface area (Å²) in [6.07, 6.45) is 0.454. The second-order valence-electron chi connectivity index (χ2n) is 6.80. The second kappa shape index (κ2) is 8.65. The summed E-state index contributed by atoms with van der Waals surface area (Å²) in [5, 5.41) is 0. The Bertz CT molecular complexity index is 924. The first-order valence-corrected chi connectivity index (χ1v) is 11.1. The van der Waals surface area contributed by atoms with Gasteiger partial charge >= 0.3 is 0 Å². The van der Waals surface area contributed by atoms with Gasteiger partial charge in [-0.1, -0.05) is 18.2 Å². The quantitative estimate of drug-likeness (QED) is 0.711. The fourth-order valence-corrected chi connectivity index (χ4v) is 5.10. The Balaban J connectivity index is 1.88. The maximum absolute atomic E-state index is 13.3. The van der Waals surface area contributed by atoms with E-state index in [-0.39, 0.29) is 23.5 Å². The lowest BCUT2D eigenvalue weighted by atomic mass is 10.1. The molecule has 1 saturated heterocycles. The predicted molar refractivity (Wildman–Crippen MR) is 108 cm³/mol. The van der Waals surface area contributed by atoms with E-state index in [1.165, 1.54) is 0 Å². The van der Waals surface area contributed by atoms with Crippen molar-refractivity contribution in [3.8, 4) is 11.5 Å². The first-order chi connectivity index (χ1) is 13.4. The Hall–Kier alpha value is -2.54. The third-order valence-electron chi connectivity index (χ3n) is 4.81. The van der Waals surface area contributed by atoms with Gasteiger partial charge in [0.2, 0.25) is 0 Å². The molecule has 0 spiro atoms. The average molecular weight is 404 g/mol. The molecule has 2 aromatic carbocycles. The fourth-order valence-electron chi connectivity index (χ4n) is 3.37. The molecule has 0 unspecified atom stereocenters. The van der Waals surface area contributed by atoms with Crippen molar-refractivity contribution in [3.63, 3.8) is 0 Å². The number of nitrogens with zero attached hydrogens (tertiary/aromatic N) is 1. The average Bonchev–Trinajstić information content (AvgIpc) is 3.06. The van der Waals surface area contributed by atoms with E-state index in [0.717, 1.165) is 11.3 Å². The molecule has 150 valence electrons. The number of benzene rings is 2. The number of hydrogen-bond donors (Lipinski definition) is 0. The number of amides is 1. The molecule has 0 saturated carbocycles. The molecule has 1 heterocycles. The van der Waals surface area contributed by atoms with E-state index in [2.05, 4.69) is 0 Å². The van der Waals surface area contributed by atoms with Crippen LogP contribution in [-0.4, -0.2) is 50.5 Å². The summed E-state index contributed by atoms with van der Waals surface area (Å²) in [5.74, 6) is 1.27. The highest BCUT2D eigenvalue weighted by Crippen LogP contribution is 2.24. The molecule has 28 heavy (non-hydrogen) atoms. The lowest BCUT2D eigenvalue weighted by Crippen LogP contribution is -2.40. The van der Waals surface area contributed by atoms with Gasteiger partial charge in [-0.15, -0.1) is 0 Å². The maximum Gasteiger partial charge on any atom is 0.254 e. The SMILES string of the molecule is CCOc1cccc(C(=O)N(Cc2ccc(OC)cc2)[C@@H]2CCS(=O)(=O)C2)c1. The molecule has 7 heteroatoms. The summed E-state index contributed by atoms with van der Waals surface area (Å²) in [7, 11) is -1.52. The molecule has 0 aromatic heterocycles. The van der Waals surface area contributed by atoms with Crippen molar-refractivity contribution in [1.29, 1.82) is 0 Å². The van der Waals surface area contributed by atoms with Crippen LogP contribution < -0.4 is 9.47 Å². The van der Waals surface area contributed by atoms with Gasteiger partial charge in [-0.25, -0.2) is 8.42 Å². The summed E-state index contributed by atoms with van der Waals surface area (Å²) in [6.45, 7) is 2.73. The lowest BCUT2D eigenvalue weighted by molar-refractivity contribution is 0.0680. The third-order valence-corrected chi connectivity index (χ3v) is 6.56. The summed E-state index contributed by atoms with van der Waals surface area (Å²) in [4.78, 5) is 14.9. The van der Waals surface area contributed by atoms with Crippen LogP contribution in [0.2, 0.25) is 0 Å². The van der Waals surface area contributed by atoms with Gasteiger partial charge in [0, 0.05) is 18.2 Å². The van der Waals surface area contributed by atoms with Gasteiger partial charge in [-0.05, 0) is 49.2 Å². The highest BCUT2D eigenvalue weighted by atomic mass is 32.2. The van der Waals surface area contributed by atoms with Crippen molar-refractivity contribution < 1.29 is 22.7 Å². The molecular formula is C21H25NO5S. The Morgan fingerprint density at radius 2 is 1.89 bits per heavy atom. The van der Waals surface area contributed by atoms with Crippen LogP contribution in [0.3, 0.4) is 0 Å². The van der Waals surface area contributed by atoms with Crippen molar-refractivity contribution in [2.24, 2.45) is 0 Å². The topological polar surface area (TPSA) is 72.9 Å². The summed E-state index contributed by atoms with van der Waals surface area (Å²) in [5.41, 5.74) is 1.41. The molecule has 6 nitrogen and oxygen atoms in total. The maximum atomic E-state index is 13.3. The standard InChI is InChI=1S/C21H25NO5S/c1-3-27-20-6-4-5-17(13-20)21(23)22(18-11-12-28(24,25)15-18)14-16-7-9-19(26-2)10-8-16/h4-10,13,18H,3,11-12,14-15H2,1-2H3/t18-/m1/s1. The minimum atomic E-state index is -3.11. The highest BCUT2D eigenvalue weighted by molar-refractivity contribution is 7.91. The molecular weight excluding hydrogens is 378 g/mol. The van der Waals surface area contributed by atoms with Crippen LogP contribution in [0.15, 0.2) is 48.5 Å². The normalized spacial score (nSPS) is 17.9. The highest BCUT2D eigenvalue weighted by Gasteiger charge is 2.35. The number of carbonyl (C=O) groups excluding carboxylic acids is 1. The number of hydrogen-bond acceptors (Lipinski definition) is 5. The minimum absolute atomic E-state index is 0.0000450. The molecule has 0 bridgehead atoms. The van der Waals surface area contributed by atoms with Crippen LogP contribution in [-0.2, 0) is 16.4 Å². The molecule has 1 atom stereocenters. The van der Waals surface area contributed by atoms with Crippen molar-refractivity contribution >= 4 is 15.7 Å². The zero-order valence-corrected chi connectivity index (χ0v) is 16.9. The first-order valence-electron chi connectivity index (χ1n) is 9.29. The van der Waals surface area contributed by atoms with E-state index < -0.39 is 9.84 Å². The van der Waals surface area contributed by atoms with Gasteiger partial charge in [0.1, 0.15) is 11.5 Å². The molecule has 2 aromatic rings.